The van der Waals surface area contributed by atoms with Crippen LogP contribution in [0.1, 0.15) is 5.56 Å². The number of carbonyl (C=O) groups is 1. The van der Waals surface area contributed by atoms with E-state index < -0.39 is 0 Å². The number of hydrogen-bond acceptors (Lipinski definition) is 4. The maximum atomic E-state index is 13.3. The van der Waals surface area contributed by atoms with Gasteiger partial charge in [0.15, 0.2) is 0 Å². The fourth-order valence-corrected chi connectivity index (χ4v) is 4.03. The zero-order chi connectivity index (χ0) is 18.5. The molecule has 0 aliphatic carbocycles. The van der Waals surface area contributed by atoms with Crippen LogP contribution in [0.25, 0.3) is 0 Å². The average Bonchev–Trinajstić information content (AvgIpc) is 2.64. The highest BCUT2D eigenvalue weighted by Crippen LogP contribution is 2.34. The van der Waals surface area contributed by atoms with Gasteiger partial charge in [0.1, 0.15) is 0 Å². The van der Waals surface area contributed by atoms with E-state index >= 15 is 0 Å². The number of likely N-dealkylation sites (N-methyl/N-ethyl adjacent to an activating group) is 1. The monoisotopic (exact) mass is 390 g/mol. The van der Waals surface area contributed by atoms with Crippen molar-refractivity contribution in [2.75, 3.05) is 44.4 Å². The highest BCUT2D eigenvalue weighted by Gasteiger charge is 2.27. The molecule has 1 aliphatic rings. The third kappa shape index (κ3) is 4.69. The van der Waals surface area contributed by atoms with Crippen molar-refractivity contribution in [3.63, 3.8) is 0 Å². The number of halogens is 1. The fraction of sp³-hybridized carbons (Fsp3) is 0.368. The summed E-state index contributed by atoms with van der Waals surface area (Å²) in [5.74, 6) is 0.890. The number of anilines is 1. The molecule has 0 saturated carbocycles. The van der Waals surface area contributed by atoms with Crippen LogP contribution in [-0.2, 0) is 6.54 Å². The molecule has 1 aliphatic heterocycles. The Kier molecular flexibility index (Phi) is 6.40. The van der Waals surface area contributed by atoms with Crippen LogP contribution in [0.3, 0.4) is 0 Å². The molecule has 2 amide bonds. The van der Waals surface area contributed by atoms with E-state index in [0.717, 1.165) is 28.4 Å². The number of amides is 2. The first-order chi connectivity index (χ1) is 12.5. The molecule has 3 rings (SSSR count). The van der Waals surface area contributed by atoms with Crippen LogP contribution < -0.4 is 4.90 Å². The van der Waals surface area contributed by atoms with Gasteiger partial charge in [-0.1, -0.05) is 23.7 Å². The Balaban J connectivity index is 1.83. The van der Waals surface area contributed by atoms with Crippen LogP contribution in [0, 0.1) is 0 Å². The topological polar surface area (TPSA) is 39.7 Å². The third-order valence-corrected chi connectivity index (χ3v) is 5.48. The number of carbonyl (C=O) groups excluding carboxylic acids is 1. The van der Waals surface area contributed by atoms with Gasteiger partial charge in [0.2, 0.25) is 0 Å². The molecule has 5 nitrogen and oxygen atoms in total. The highest BCUT2D eigenvalue weighted by atomic mass is 35.5. The quantitative estimate of drug-likeness (QED) is 0.777. The molecule has 1 aromatic heterocycles. The maximum Gasteiger partial charge on any atom is 0.324 e. The highest BCUT2D eigenvalue weighted by molar-refractivity contribution is 7.99. The third-order valence-electron chi connectivity index (χ3n) is 4.21. The Hall–Kier alpha value is -1.76. The van der Waals surface area contributed by atoms with Crippen LogP contribution >= 0.6 is 23.4 Å². The van der Waals surface area contributed by atoms with Gasteiger partial charge in [-0.15, -0.1) is 11.8 Å². The van der Waals surface area contributed by atoms with Crippen molar-refractivity contribution in [3.05, 3.63) is 53.3 Å². The second kappa shape index (κ2) is 8.75. The number of pyridine rings is 1. The maximum absolute atomic E-state index is 13.3. The number of thioether (sulfide) groups is 1. The summed E-state index contributed by atoms with van der Waals surface area (Å²) in [5.41, 5.74) is 1.93. The SMILES string of the molecule is CN(C)CCN(Cc1cccc(Cl)c1)C(=O)N1CCSc2ccncc21. The second-order valence-electron chi connectivity index (χ2n) is 6.48. The lowest BCUT2D eigenvalue weighted by Crippen LogP contribution is -2.47. The smallest absolute Gasteiger partial charge is 0.319 e. The first kappa shape index (κ1) is 19.0. The minimum atomic E-state index is 0.0152. The summed E-state index contributed by atoms with van der Waals surface area (Å²) >= 11 is 7.89. The molecule has 0 radical (unpaired) electrons. The Morgan fingerprint density at radius 1 is 1.31 bits per heavy atom. The van der Waals surface area contributed by atoms with E-state index in [4.69, 9.17) is 11.6 Å². The summed E-state index contributed by atoms with van der Waals surface area (Å²) < 4.78 is 0. The predicted molar refractivity (Wildman–Crippen MR) is 108 cm³/mol. The van der Waals surface area contributed by atoms with Crippen LogP contribution in [0.15, 0.2) is 47.6 Å². The normalized spacial score (nSPS) is 13.6. The van der Waals surface area contributed by atoms with E-state index in [9.17, 15) is 4.79 Å². The molecule has 2 heterocycles. The largest absolute Gasteiger partial charge is 0.324 e. The van der Waals surface area contributed by atoms with Crippen molar-refractivity contribution in [2.24, 2.45) is 0 Å². The average molecular weight is 391 g/mol. The van der Waals surface area contributed by atoms with E-state index in [2.05, 4.69) is 9.88 Å². The number of hydrogen-bond donors (Lipinski definition) is 0. The minimum absolute atomic E-state index is 0.0152. The Bertz CT molecular complexity index is 771. The van der Waals surface area contributed by atoms with E-state index in [1.54, 1.807) is 24.2 Å². The van der Waals surface area contributed by atoms with Crippen molar-refractivity contribution >= 4 is 35.1 Å². The van der Waals surface area contributed by atoms with Gasteiger partial charge >= 0.3 is 6.03 Å². The molecule has 0 saturated heterocycles. The van der Waals surface area contributed by atoms with Gasteiger partial charge in [-0.05, 0) is 37.9 Å². The lowest BCUT2D eigenvalue weighted by molar-refractivity contribution is 0.195. The van der Waals surface area contributed by atoms with Crippen molar-refractivity contribution in [2.45, 2.75) is 11.4 Å². The van der Waals surface area contributed by atoms with Crippen molar-refractivity contribution < 1.29 is 4.79 Å². The molecule has 0 atom stereocenters. The van der Waals surface area contributed by atoms with Crippen molar-refractivity contribution in [1.29, 1.82) is 0 Å². The number of aromatic nitrogens is 1. The summed E-state index contributed by atoms with van der Waals surface area (Å²) in [6.07, 6.45) is 3.55. The summed E-state index contributed by atoms with van der Waals surface area (Å²) in [5, 5.41) is 0.687. The number of urea groups is 1. The standard InChI is InChI=1S/C19H23ClN4OS/c1-22(2)8-9-23(14-15-4-3-5-16(20)12-15)19(25)24-10-11-26-18-6-7-21-13-17(18)24/h3-7,12-13H,8-11,14H2,1-2H3. The Morgan fingerprint density at radius 3 is 2.92 bits per heavy atom. The molecule has 0 N–H and O–H groups in total. The van der Waals surface area contributed by atoms with Gasteiger partial charge in [0, 0.05) is 48.0 Å². The zero-order valence-corrected chi connectivity index (χ0v) is 16.6. The van der Waals surface area contributed by atoms with Gasteiger partial charge in [0.05, 0.1) is 11.9 Å². The fourth-order valence-electron chi connectivity index (χ4n) is 2.85. The molecule has 138 valence electrons. The van der Waals surface area contributed by atoms with Crippen molar-refractivity contribution in [3.8, 4) is 0 Å². The van der Waals surface area contributed by atoms with Crippen LogP contribution in [-0.4, -0.2) is 60.3 Å². The molecular weight excluding hydrogens is 368 g/mol. The van der Waals surface area contributed by atoms with E-state index in [1.165, 1.54) is 0 Å². The van der Waals surface area contributed by atoms with E-state index in [0.29, 0.717) is 24.7 Å². The predicted octanol–water partition coefficient (Wildman–Crippen LogP) is 3.83. The summed E-state index contributed by atoms with van der Waals surface area (Å²) in [6.45, 7) is 2.68. The lowest BCUT2D eigenvalue weighted by atomic mass is 10.2. The lowest BCUT2D eigenvalue weighted by Gasteiger charge is -2.34. The number of fused-ring (bicyclic) bond motifs is 1. The van der Waals surface area contributed by atoms with Crippen LogP contribution in [0.2, 0.25) is 5.02 Å². The molecule has 26 heavy (non-hydrogen) atoms. The molecule has 7 heteroatoms. The summed E-state index contributed by atoms with van der Waals surface area (Å²) in [4.78, 5) is 24.5. The number of benzene rings is 1. The number of rotatable bonds is 5. The van der Waals surface area contributed by atoms with E-state index in [1.807, 2.05) is 54.2 Å². The first-order valence-electron chi connectivity index (χ1n) is 8.57. The van der Waals surface area contributed by atoms with Gasteiger partial charge < -0.3 is 9.80 Å². The molecule has 1 aromatic carbocycles. The van der Waals surface area contributed by atoms with Crippen LogP contribution in [0.5, 0.6) is 0 Å². The first-order valence-corrected chi connectivity index (χ1v) is 9.93. The Labute approximate surface area is 163 Å². The van der Waals surface area contributed by atoms with Gasteiger partial charge in [-0.25, -0.2) is 4.79 Å². The summed E-state index contributed by atoms with van der Waals surface area (Å²) in [7, 11) is 4.03. The van der Waals surface area contributed by atoms with Gasteiger partial charge in [-0.2, -0.15) is 0 Å². The van der Waals surface area contributed by atoms with Crippen molar-refractivity contribution in [1.82, 2.24) is 14.8 Å². The second-order valence-corrected chi connectivity index (χ2v) is 8.05. The molecule has 0 spiro atoms. The molecule has 0 unspecified atom stereocenters. The zero-order valence-electron chi connectivity index (χ0n) is 15.1. The summed E-state index contributed by atoms with van der Waals surface area (Å²) in [6, 6.07) is 9.67. The van der Waals surface area contributed by atoms with E-state index in [-0.39, 0.29) is 6.03 Å². The van der Waals surface area contributed by atoms with Crippen LogP contribution in [0.4, 0.5) is 10.5 Å². The molecular formula is C19H23ClN4OS. The minimum Gasteiger partial charge on any atom is -0.319 e. The van der Waals surface area contributed by atoms with Gasteiger partial charge in [-0.3, -0.25) is 9.88 Å². The molecule has 0 fully saturated rings. The molecule has 0 bridgehead atoms. The van der Waals surface area contributed by atoms with Gasteiger partial charge in [0.25, 0.3) is 0 Å². The molecule has 2 aromatic rings. The Morgan fingerprint density at radius 2 is 2.15 bits per heavy atom. The number of nitrogens with zero attached hydrogens (tertiary/aromatic N) is 4.